The zero-order valence-corrected chi connectivity index (χ0v) is 19.9. The van der Waals surface area contributed by atoms with Gasteiger partial charge in [0.15, 0.2) is 5.78 Å². The molecule has 2 heterocycles. The third-order valence-electron chi connectivity index (χ3n) is 6.52. The first-order valence-electron chi connectivity index (χ1n) is 11.2. The van der Waals surface area contributed by atoms with E-state index in [1.807, 2.05) is 55.9 Å². The number of fused-ring (bicyclic) bond motifs is 1. The number of Topliss-reactive ketones (excluding diaryl/α,β-unsaturated/α-hetero) is 1. The van der Waals surface area contributed by atoms with Crippen molar-refractivity contribution in [1.29, 1.82) is 0 Å². The van der Waals surface area contributed by atoms with E-state index < -0.39 is 6.04 Å². The van der Waals surface area contributed by atoms with Gasteiger partial charge in [-0.15, -0.1) is 11.3 Å². The number of nitrogens with zero attached hydrogens (tertiary/aromatic N) is 2. The van der Waals surface area contributed by atoms with Crippen molar-refractivity contribution in [2.45, 2.75) is 31.7 Å². The highest BCUT2D eigenvalue weighted by molar-refractivity contribution is 7.10. The van der Waals surface area contributed by atoms with Gasteiger partial charge in [-0.05, 0) is 53.6 Å². The van der Waals surface area contributed by atoms with Gasteiger partial charge in [0.25, 0.3) is 0 Å². The number of allylic oxidation sites excluding steroid dienone is 1. The number of carbonyl (C=O) groups excluding carboxylic acids is 2. The van der Waals surface area contributed by atoms with Crippen LogP contribution in [0.15, 0.2) is 77.3 Å². The monoisotopic (exact) mass is 457 g/mol. The Labute approximate surface area is 198 Å². The molecule has 2 atom stereocenters. The molecule has 5 nitrogen and oxygen atoms in total. The van der Waals surface area contributed by atoms with Crippen LogP contribution in [0.5, 0.6) is 0 Å². The Bertz CT molecular complexity index is 1230. The molecular formula is C27H27N3O2S. The Kier molecular flexibility index (Phi) is 5.54. The second-order valence-electron chi connectivity index (χ2n) is 8.86. The summed E-state index contributed by atoms with van der Waals surface area (Å²) in [6.07, 6.45) is 1.16. The molecule has 6 heteroatoms. The summed E-state index contributed by atoms with van der Waals surface area (Å²) in [4.78, 5) is 31.5. The van der Waals surface area contributed by atoms with Gasteiger partial charge in [-0.25, -0.2) is 0 Å². The molecule has 0 saturated heterocycles. The SMILES string of the molecule is CC(=O)N1c2ccccc2NC2=C(C(=O)C[C@@H](c3ccc(N(C)C)cc3)C2)[C@H]1c1cccs1. The van der Waals surface area contributed by atoms with E-state index in [0.29, 0.717) is 12.0 Å². The first kappa shape index (κ1) is 21.5. The second-order valence-corrected chi connectivity index (χ2v) is 9.83. The minimum Gasteiger partial charge on any atom is -0.378 e. The van der Waals surface area contributed by atoms with Crippen molar-refractivity contribution in [3.63, 3.8) is 0 Å². The minimum absolute atomic E-state index is 0.0782. The lowest BCUT2D eigenvalue weighted by molar-refractivity contribution is -0.117. The maximum atomic E-state index is 13.7. The molecule has 0 saturated carbocycles. The van der Waals surface area contributed by atoms with Crippen LogP contribution in [-0.2, 0) is 9.59 Å². The van der Waals surface area contributed by atoms with Gasteiger partial charge in [-0.1, -0.05) is 30.3 Å². The minimum atomic E-state index is -0.418. The Balaban J connectivity index is 1.62. The summed E-state index contributed by atoms with van der Waals surface area (Å²) in [5, 5.41) is 5.56. The Hall–Kier alpha value is -3.38. The number of anilines is 3. The predicted octanol–water partition coefficient (Wildman–Crippen LogP) is 5.73. The van der Waals surface area contributed by atoms with Crippen molar-refractivity contribution < 1.29 is 9.59 Å². The fourth-order valence-electron chi connectivity index (χ4n) is 4.93. The molecule has 0 spiro atoms. The Morgan fingerprint density at radius 3 is 2.45 bits per heavy atom. The number of amides is 1. The molecule has 33 heavy (non-hydrogen) atoms. The molecule has 1 amide bonds. The molecule has 3 aromatic rings. The number of benzene rings is 2. The smallest absolute Gasteiger partial charge is 0.224 e. The highest BCUT2D eigenvalue weighted by Gasteiger charge is 2.41. The van der Waals surface area contributed by atoms with E-state index in [2.05, 4.69) is 34.5 Å². The van der Waals surface area contributed by atoms with Crippen LogP contribution in [0.3, 0.4) is 0 Å². The number of nitrogens with one attached hydrogen (secondary N) is 1. The topological polar surface area (TPSA) is 52.7 Å². The number of hydrogen-bond donors (Lipinski definition) is 1. The molecule has 1 aromatic heterocycles. The predicted molar refractivity (Wildman–Crippen MR) is 135 cm³/mol. The molecule has 168 valence electrons. The van der Waals surface area contributed by atoms with Crippen LogP contribution in [-0.4, -0.2) is 25.8 Å². The van der Waals surface area contributed by atoms with Crippen molar-refractivity contribution in [2.75, 3.05) is 29.2 Å². The Morgan fingerprint density at radius 1 is 1.03 bits per heavy atom. The van der Waals surface area contributed by atoms with Crippen LogP contribution in [0, 0.1) is 0 Å². The summed E-state index contributed by atoms with van der Waals surface area (Å²) in [5.41, 5.74) is 5.59. The van der Waals surface area contributed by atoms with E-state index in [1.54, 1.807) is 23.2 Å². The van der Waals surface area contributed by atoms with E-state index in [4.69, 9.17) is 0 Å². The summed E-state index contributed by atoms with van der Waals surface area (Å²) in [6, 6.07) is 19.9. The average Bonchev–Trinajstić information content (AvgIpc) is 3.28. The fourth-order valence-corrected chi connectivity index (χ4v) is 5.76. The van der Waals surface area contributed by atoms with E-state index in [9.17, 15) is 9.59 Å². The van der Waals surface area contributed by atoms with Crippen molar-refractivity contribution in [1.82, 2.24) is 0 Å². The molecule has 5 rings (SSSR count). The first-order chi connectivity index (χ1) is 15.9. The van der Waals surface area contributed by atoms with Crippen LogP contribution in [0.2, 0.25) is 0 Å². The van der Waals surface area contributed by atoms with Crippen LogP contribution in [0.25, 0.3) is 0 Å². The maximum Gasteiger partial charge on any atom is 0.224 e. The Morgan fingerprint density at radius 2 is 1.79 bits per heavy atom. The first-order valence-corrected chi connectivity index (χ1v) is 12.0. The van der Waals surface area contributed by atoms with Crippen molar-refractivity contribution in [3.05, 3.63) is 87.8 Å². The van der Waals surface area contributed by atoms with Crippen molar-refractivity contribution in [3.8, 4) is 0 Å². The molecule has 2 aliphatic rings. The lowest BCUT2D eigenvalue weighted by atomic mass is 9.79. The lowest BCUT2D eigenvalue weighted by Crippen LogP contribution is -2.36. The summed E-state index contributed by atoms with van der Waals surface area (Å²) >= 11 is 1.58. The van der Waals surface area contributed by atoms with Gasteiger partial charge in [-0.3, -0.25) is 14.5 Å². The van der Waals surface area contributed by atoms with Crippen LogP contribution in [0.1, 0.15) is 42.2 Å². The lowest BCUT2D eigenvalue weighted by Gasteiger charge is -2.33. The average molecular weight is 458 g/mol. The molecule has 0 radical (unpaired) electrons. The summed E-state index contributed by atoms with van der Waals surface area (Å²) in [7, 11) is 4.04. The molecular weight excluding hydrogens is 430 g/mol. The zero-order chi connectivity index (χ0) is 23.1. The van der Waals surface area contributed by atoms with Gasteiger partial charge in [-0.2, -0.15) is 0 Å². The molecule has 0 unspecified atom stereocenters. The quantitative estimate of drug-likeness (QED) is 0.545. The summed E-state index contributed by atoms with van der Waals surface area (Å²) in [5.74, 6) is 0.119. The number of carbonyl (C=O) groups is 2. The van der Waals surface area contributed by atoms with Gasteiger partial charge in [0, 0.05) is 49.3 Å². The summed E-state index contributed by atoms with van der Waals surface area (Å²) in [6.45, 7) is 1.57. The fraction of sp³-hybridized carbons (Fsp3) is 0.259. The molecule has 0 fully saturated rings. The van der Waals surface area contributed by atoms with E-state index in [-0.39, 0.29) is 17.6 Å². The number of rotatable bonds is 3. The molecule has 1 aliphatic carbocycles. The largest absolute Gasteiger partial charge is 0.378 e. The van der Waals surface area contributed by atoms with Gasteiger partial charge in [0.05, 0.1) is 11.4 Å². The van der Waals surface area contributed by atoms with Crippen LogP contribution >= 0.6 is 11.3 Å². The second kappa shape index (κ2) is 8.52. The highest BCUT2D eigenvalue weighted by atomic mass is 32.1. The van der Waals surface area contributed by atoms with Crippen LogP contribution in [0.4, 0.5) is 17.1 Å². The summed E-state index contributed by atoms with van der Waals surface area (Å²) < 4.78 is 0. The zero-order valence-electron chi connectivity index (χ0n) is 19.0. The van der Waals surface area contributed by atoms with Crippen molar-refractivity contribution in [2.24, 2.45) is 0 Å². The van der Waals surface area contributed by atoms with Gasteiger partial charge < -0.3 is 10.2 Å². The van der Waals surface area contributed by atoms with Gasteiger partial charge >= 0.3 is 0 Å². The van der Waals surface area contributed by atoms with Gasteiger partial charge in [0.2, 0.25) is 5.91 Å². The third kappa shape index (κ3) is 3.85. The number of hydrogen-bond acceptors (Lipinski definition) is 5. The normalized spacial score (nSPS) is 20.0. The molecule has 2 aromatic carbocycles. The van der Waals surface area contributed by atoms with E-state index >= 15 is 0 Å². The molecule has 1 N–H and O–H groups in total. The number of para-hydroxylation sites is 2. The third-order valence-corrected chi connectivity index (χ3v) is 7.45. The number of thiophene rings is 1. The van der Waals surface area contributed by atoms with Crippen molar-refractivity contribution >= 4 is 40.1 Å². The molecule has 0 bridgehead atoms. The maximum absolute atomic E-state index is 13.7. The number of ketones is 1. The standard InChI is InChI=1S/C27H27N3O2S/c1-17(31)30-23-8-5-4-7-21(23)28-22-15-19(18-10-12-20(13-11-18)29(2)3)16-24(32)26(22)27(30)25-9-6-14-33-25/h4-14,19,27-28H,15-16H2,1-3H3/t19-,27+/m0/s1. The highest BCUT2D eigenvalue weighted by Crippen LogP contribution is 2.48. The van der Waals surface area contributed by atoms with Gasteiger partial charge in [0.1, 0.15) is 6.04 Å². The van der Waals surface area contributed by atoms with Crippen LogP contribution < -0.4 is 15.1 Å². The van der Waals surface area contributed by atoms with E-state index in [0.717, 1.165) is 39.6 Å². The van der Waals surface area contributed by atoms with E-state index in [1.165, 1.54) is 0 Å². The molecule has 1 aliphatic heterocycles.